The molecule has 1 atom stereocenters. The van der Waals surface area contributed by atoms with Crippen molar-refractivity contribution in [1.29, 1.82) is 0 Å². The molecule has 9 heteroatoms. The molecule has 112 valence electrons. The van der Waals surface area contributed by atoms with Gasteiger partial charge < -0.3 is 5.73 Å². The van der Waals surface area contributed by atoms with Crippen LogP contribution in [0.15, 0.2) is 27.6 Å². The summed E-state index contributed by atoms with van der Waals surface area (Å²) in [7, 11) is -5.57. The minimum absolute atomic E-state index is 0.0151. The summed E-state index contributed by atoms with van der Waals surface area (Å²) in [4.78, 5) is -0.0151. The molecule has 0 bridgehead atoms. The van der Waals surface area contributed by atoms with Crippen molar-refractivity contribution in [3.8, 4) is 0 Å². The van der Waals surface area contributed by atoms with Gasteiger partial charge in [0.25, 0.3) is 0 Å². The van der Waals surface area contributed by atoms with Gasteiger partial charge in [0.1, 0.15) is 4.90 Å². The molecule has 1 aliphatic heterocycles. The van der Waals surface area contributed by atoms with Crippen molar-refractivity contribution in [2.45, 2.75) is 17.4 Å². The highest BCUT2D eigenvalue weighted by Crippen LogP contribution is 2.28. The van der Waals surface area contributed by atoms with Crippen LogP contribution in [0.3, 0.4) is 0 Å². The molecule has 1 heterocycles. The van der Waals surface area contributed by atoms with E-state index in [9.17, 15) is 16.8 Å². The van der Waals surface area contributed by atoms with Crippen LogP contribution in [-0.2, 0) is 19.9 Å². The second-order valence-electron chi connectivity index (χ2n) is 4.76. The van der Waals surface area contributed by atoms with Gasteiger partial charge in [-0.15, -0.1) is 0 Å². The number of hydrogen-bond acceptors (Lipinski definition) is 5. The van der Waals surface area contributed by atoms with Crippen molar-refractivity contribution in [2.75, 3.05) is 24.3 Å². The summed E-state index contributed by atoms with van der Waals surface area (Å²) in [5.74, 6) is -0.123. The maximum absolute atomic E-state index is 12.5. The van der Waals surface area contributed by atoms with Crippen LogP contribution >= 0.6 is 15.9 Å². The van der Waals surface area contributed by atoms with Crippen molar-refractivity contribution < 1.29 is 16.8 Å². The van der Waals surface area contributed by atoms with E-state index in [0.717, 1.165) is 4.31 Å². The van der Waals surface area contributed by atoms with E-state index in [1.165, 1.54) is 19.2 Å². The fraction of sp³-hybridized carbons (Fsp3) is 0.455. The number of sulfone groups is 1. The number of rotatable bonds is 3. The minimum atomic E-state index is -3.81. The van der Waals surface area contributed by atoms with Gasteiger partial charge in [-0.05, 0) is 24.6 Å². The predicted molar refractivity (Wildman–Crippen MR) is 80.6 cm³/mol. The molecule has 1 unspecified atom stereocenters. The molecule has 0 saturated carbocycles. The highest BCUT2D eigenvalue weighted by atomic mass is 79.9. The summed E-state index contributed by atoms with van der Waals surface area (Å²) in [6.07, 6.45) is 0.311. The van der Waals surface area contributed by atoms with Crippen molar-refractivity contribution in [2.24, 2.45) is 0 Å². The van der Waals surface area contributed by atoms with Crippen molar-refractivity contribution in [1.82, 2.24) is 4.31 Å². The second kappa shape index (κ2) is 5.28. The molecule has 1 saturated heterocycles. The lowest BCUT2D eigenvalue weighted by Gasteiger charge is -2.23. The van der Waals surface area contributed by atoms with E-state index in [2.05, 4.69) is 15.9 Å². The zero-order valence-electron chi connectivity index (χ0n) is 10.8. The molecule has 2 rings (SSSR count). The largest absolute Gasteiger partial charge is 0.398 e. The Morgan fingerprint density at radius 2 is 2.05 bits per heavy atom. The number of nitrogens with zero attached hydrogens (tertiary/aromatic N) is 1. The Bertz CT molecular complexity index is 731. The van der Waals surface area contributed by atoms with Gasteiger partial charge >= 0.3 is 0 Å². The Hall–Kier alpha value is -0.640. The molecule has 1 aliphatic rings. The Morgan fingerprint density at radius 1 is 1.40 bits per heavy atom. The third-order valence-corrected chi connectivity index (χ3v) is 7.56. The van der Waals surface area contributed by atoms with Gasteiger partial charge in [-0.3, -0.25) is 0 Å². The lowest BCUT2D eigenvalue weighted by atomic mass is 10.3. The molecule has 1 aromatic carbocycles. The van der Waals surface area contributed by atoms with Crippen LogP contribution in [0.2, 0.25) is 0 Å². The Labute approximate surface area is 127 Å². The Kier molecular flexibility index (Phi) is 4.16. The van der Waals surface area contributed by atoms with Crippen molar-refractivity contribution >= 4 is 41.5 Å². The monoisotopic (exact) mass is 382 g/mol. The Morgan fingerprint density at radius 3 is 2.60 bits per heavy atom. The van der Waals surface area contributed by atoms with Gasteiger partial charge in [-0.25, -0.2) is 16.8 Å². The highest BCUT2D eigenvalue weighted by Gasteiger charge is 2.37. The van der Waals surface area contributed by atoms with Gasteiger partial charge in [0.2, 0.25) is 10.0 Å². The van der Waals surface area contributed by atoms with Crippen LogP contribution in [0.1, 0.15) is 6.42 Å². The molecular weight excluding hydrogens is 368 g/mol. The third-order valence-electron chi connectivity index (χ3n) is 3.36. The topological polar surface area (TPSA) is 97.5 Å². The first-order valence-corrected chi connectivity index (χ1v) is 9.92. The van der Waals surface area contributed by atoms with Crippen LogP contribution < -0.4 is 5.73 Å². The zero-order valence-corrected chi connectivity index (χ0v) is 14.0. The van der Waals surface area contributed by atoms with Crippen LogP contribution in [-0.4, -0.2) is 45.7 Å². The lowest BCUT2D eigenvalue weighted by molar-refractivity contribution is 0.394. The molecule has 6 nitrogen and oxygen atoms in total. The van der Waals surface area contributed by atoms with Crippen LogP contribution in [0.5, 0.6) is 0 Å². The fourth-order valence-corrected chi connectivity index (χ4v) is 6.05. The number of hydrogen-bond donors (Lipinski definition) is 1. The van der Waals surface area contributed by atoms with Crippen molar-refractivity contribution in [3.63, 3.8) is 0 Å². The van der Waals surface area contributed by atoms with Gasteiger partial charge in [-0.2, -0.15) is 4.31 Å². The molecule has 0 aromatic heterocycles. The summed E-state index contributed by atoms with van der Waals surface area (Å²) in [5.41, 5.74) is 5.86. The summed E-state index contributed by atoms with van der Waals surface area (Å²) < 4.78 is 49.7. The molecule has 1 aromatic rings. The number of benzene rings is 1. The lowest BCUT2D eigenvalue weighted by Crippen LogP contribution is -2.38. The van der Waals surface area contributed by atoms with E-state index in [1.54, 1.807) is 6.07 Å². The van der Waals surface area contributed by atoms with E-state index in [0.29, 0.717) is 10.9 Å². The van der Waals surface area contributed by atoms with Crippen LogP contribution in [0.25, 0.3) is 0 Å². The molecule has 0 aliphatic carbocycles. The summed E-state index contributed by atoms with van der Waals surface area (Å²) in [5, 5.41) is 0. The summed E-state index contributed by atoms with van der Waals surface area (Å²) in [6, 6.07) is 4.03. The summed E-state index contributed by atoms with van der Waals surface area (Å²) in [6.45, 7) is 0. The molecule has 0 amide bonds. The average molecular weight is 383 g/mol. The average Bonchev–Trinajstić information content (AvgIpc) is 2.71. The number of halogens is 1. The number of nitrogens with two attached hydrogens (primary N) is 1. The van der Waals surface area contributed by atoms with E-state index >= 15 is 0 Å². The number of nitrogen functional groups attached to an aromatic ring is 1. The van der Waals surface area contributed by atoms with Crippen molar-refractivity contribution in [3.05, 3.63) is 22.7 Å². The fourth-order valence-electron chi connectivity index (χ4n) is 2.15. The standard InChI is InChI=1S/C11H15BrN2O4S2/c1-14(9-4-5-19(15,16)7-9)20(17,18)11-6-8(12)2-3-10(11)13/h2-3,6,9H,4-5,7,13H2,1H3. The quantitative estimate of drug-likeness (QED) is 0.780. The third kappa shape index (κ3) is 3.00. The maximum atomic E-state index is 12.5. The number of anilines is 1. The highest BCUT2D eigenvalue weighted by molar-refractivity contribution is 9.10. The summed E-state index contributed by atoms with van der Waals surface area (Å²) >= 11 is 3.21. The van der Waals surface area contributed by atoms with E-state index in [1.807, 2.05) is 0 Å². The second-order valence-corrected chi connectivity index (χ2v) is 9.87. The zero-order chi connectivity index (χ0) is 15.1. The van der Waals surface area contributed by atoms with Gasteiger partial charge in [0.05, 0.1) is 17.2 Å². The van der Waals surface area contributed by atoms with Crippen LogP contribution in [0.4, 0.5) is 5.69 Å². The minimum Gasteiger partial charge on any atom is -0.398 e. The molecule has 0 spiro atoms. The first kappa shape index (κ1) is 15.7. The normalized spacial score (nSPS) is 22.2. The van der Waals surface area contributed by atoms with Crippen LogP contribution in [0, 0.1) is 0 Å². The van der Waals surface area contributed by atoms with Gasteiger partial charge in [-0.1, -0.05) is 15.9 Å². The SMILES string of the molecule is CN(C1CCS(=O)(=O)C1)S(=O)(=O)c1cc(Br)ccc1N. The smallest absolute Gasteiger partial charge is 0.245 e. The van der Waals surface area contributed by atoms with E-state index < -0.39 is 25.9 Å². The maximum Gasteiger partial charge on any atom is 0.245 e. The van der Waals surface area contributed by atoms with Gasteiger partial charge in [0.15, 0.2) is 9.84 Å². The van der Waals surface area contributed by atoms with E-state index in [-0.39, 0.29) is 22.1 Å². The Balaban J connectivity index is 2.38. The molecule has 2 N–H and O–H groups in total. The number of sulfonamides is 1. The first-order chi connectivity index (χ1) is 9.13. The van der Waals surface area contributed by atoms with Gasteiger partial charge in [0, 0.05) is 17.6 Å². The molecular formula is C11H15BrN2O4S2. The molecule has 1 fully saturated rings. The molecule has 20 heavy (non-hydrogen) atoms. The molecule has 0 radical (unpaired) electrons. The predicted octanol–water partition coefficient (Wildman–Crippen LogP) is 0.839. The van der Waals surface area contributed by atoms with E-state index in [4.69, 9.17) is 5.73 Å². The first-order valence-electron chi connectivity index (χ1n) is 5.87.